The van der Waals surface area contributed by atoms with Crippen molar-refractivity contribution >= 4 is 5.91 Å². The molecule has 0 saturated carbocycles. The van der Waals surface area contributed by atoms with Gasteiger partial charge in [0, 0.05) is 18.2 Å². The minimum Gasteiger partial charge on any atom is -0.394 e. The Balaban J connectivity index is 2.13. The van der Waals surface area contributed by atoms with Gasteiger partial charge in [-0.25, -0.2) is 4.39 Å². The van der Waals surface area contributed by atoms with Crippen molar-refractivity contribution in [1.29, 1.82) is 0 Å². The second-order valence-electron chi connectivity index (χ2n) is 4.18. The summed E-state index contributed by atoms with van der Waals surface area (Å²) in [7, 11) is 0. The molecule has 2 N–H and O–H groups in total. The summed E-state index contributed by atoms with van der Waals surface area (Å²) in [5.74, 6) is 0.135. The maximum Gasteiger partial charge on any atom is 0.253 e. The summed E-state index contributed by atoms with van der Waals surface area (Å²) in [5.41, 5.74) is 0.504. The number of aliphatic hydroxyl groups excluding tert-OH is 1. The first kappa shape index (κ1) is 12.1. The molecule has 2 aliphatic heterocycles. The number of ether oxygens (including phenoxy) is 1. The lowest BCUT2D eigenvalue weighted by Gasteiger charge is -2.32. The highest BCUT2D eigenvalue weighted by Gasteiger charge is 2.39. The molecule has 0 radical (unpaired) electrons. The molecule has 2 heterocycles. The van der Waals surface area contributed by atoms with E-state index in [0.29, 0.717) is 11.4 Å². The van der Waals surface area contributed by atoms with E-state index in [1.807, 2.05) is 0 Å². The van der Waals surface area contributed by atoms with Crippen molar-refractivity contribution < 1.29 is 19.0 Å². The van der Waals surface area contributed by atoms with Gasteiger partial charge in [-0.1, -0.05) is 6.58 Å². The first-order chi connectivity index (χ1) is 8.02. The van der Waals surface area contributed by atoms with Crippen molar-refractivity contribution in [2.45, 2.75) is 31.8 Å². The SMILES string of the molecule is C=C1NC(=O)C(C)=CN1[C@H]1C[C@@H]([18F])[C@@H](CO)O1. The molecule has 0 aromatic rings. The predicted octanol–water partition coefficient (Wildman–Crippen LogP) is 0.239. The molecule has 5 nitrogen and oxygen atoms in total. The summed E-state index contributed by atoms with van der Waals surface area (Å²) in [6, 6.07) is 0. The monoisotopic (exact) mass is 241 g/mol. The third-order valence-corrected chi connectivity index (χ3v) is 2.91. The molecule has 17 heavy (non-hydrogen) atoms. The Morgan fingerprint density at radius 2 is 2.47 bits per heavy atom. The number of nitrogens with zero attached hydrogens (tertiary/aromatic N) is 1. The molecule has 0 aromatic heterocycles. The Labute approximate surface area is 98.5 Å². The summed E-state index contributed by atoms with van der Waals surface area (Å²) >= 11 is 0. The number of aliphatic hydroxyl groups is 1. The van der Waals surface area contributed by atoms with E-state index in [9.17, 15) is 9.18 Å². The normalized spacial score (nSPS) is 33.7. The Kier molecular flexibility index (Phi) is 3.17. The molecule has 1 saturated heterocycles. The van der Waals surface area contributed by atoms with Gasteiger partial charge < -0.3 is 20.1 Å². The van der Waals surface area contributed by atoms with Crippen LogP contribution >= 0.6 is 0 Å². The van der Waals surface area contributed by atoms with E-state index in [2.05, 4.69) is 11.9 Å². The van der Waals surface area contributed by atoms with E-state index in [0.717, 1.165) is 0 Å². The zero-order valence-electron chi connectivity index (χ0n) is 9.52. The molecular formula is C11H15FN2O3. The van der Waals surface area contributed by atoms with E-state index in [-0.39, 0.29) is 18.9 Å². The minimum atomic E-state index is -1.20. The van der Waals surface area contributed by atoms with Crippen LogP contribution in [0.5, 0.6) is 0 Å². The van der Waals surface area contributed by atoms with Gasteiger partial charge in [-0.3, -0.25) is 4.79 Å². The molecule has 0 aromatic carbocycles. The maximum absolute atomic E-state index is 13.4. The Hall–Kier alpha value is -1.40. The number of nitrogens with one attached hydrogen (secondary N) is 1. The summed E-state index contributed by atoms with van der Waals surface area (Å²) in [6.45, 7) is 4.98. The van der Waals surface area contributed by atoms with Gasteiger partial charge in [0.25, 0.3) is 5.91 Å². The standard InChI is InChI=1S/C11H15FN2O3/c1-6-4-14(7(2)13-11(6)16)10-3-8(12)9(5-15)17-10/h4,8-10,15H,2-3,5H2,1H3,(H,13,16)/t8-,9-,10-/m1/s1/i12-1. The van der Waals surface area contributed by atoms with Crippen LogP contribution in [0.4, 0.5) is 4.39 Å². The van der Waals surface area contributed by atoms with Crippen LogP contribution in [0.25, 0.3) is 0 Å². The van der Waals surface area contributed by atoms with E-state index < -0.39 is 18.5 Å². The predicted molar refractivity (Wildman–Crippen MR) is 58.1 cm³/mol. The Morgan fingerprint density at radius 1 is 1.76 bits per heavy atom. The van der Waals surface area contributed by atoms with Gasteiger partial charge in [0.2, 0.25) is 0 Å². The summed E-state index contributed by atoms with van der Waals surface area (Å²) in [5, 5.41) is 11.5. The molecule has 0 unspecified atom stereocenters. The zero-order valence-corrected chi connectivity index (χ0v) is 9.52. The van der Waals surface area contributed by atoms with Crippen molar-refractivity contribution in [3.8, 4) is 0 Å². The van der Waals surface area contributed by atoms with E-state index >= 15 is 0 Å². The van der Waals surface area contributed by atoms with Crippen LogP contribution in [0, 0.1) is 0 Å². The first-order valence-electron chi connectivity index (χ1n) is 5.40. The fourth-order valence-corrected chi connectivity index (χ4v) is 1.92. The second-order valence-corrected chi connectivity index (χ2v) is 4.18. The van der Waals surface area contributed by atoms with E-state index in [4.69, 9.17) is 9.84 Å². The van der Waals surface area contributed by atoms with Gasteiger partial charge in [-0.15, -0.1) is 0 Å². The highest BCUT2D eigenvalue weighted by atomic mass is 18.2. The number of hydrogen-bond donors (Lipinski definition) is 2. The number of rotatable bonds is 2. The highest BCUT2D eigenvalue weighted by Crippen LogP contribution is 2.28. The molecule has 0 bridgehead atoms. The van der Waals surface area contributed by atoms with Gasteiger partial charge in [0.05, 0.1) is 6.61 Å². The summed E-state index contributed by atoms with van der Waals surface area (Å²) in [4.78, 5) is 12.9. The average Bonchev–Trinajstić information content (AvgIpc) is 2.65. The van der Waals surface area contributed by atoms with Crippen molar-refractivity contribution in [1.82, 2.24) is 10.2 Å². The second kappa shape index (κ2) is 4.46. The van der Waals surface area contributed by atoms with Gasteiger partial charge in [-0.05, 0) is 6.92 Å². The molecule has 3 atom stereocenters. The smallest absolute Gasteiger partial charge is 0.253 e. The highest BCUT2D eigenvalue weighted by molar-refractivity contribution is 5.94. The van der Waals surface area contributed by atoms with Crippen LogP contribution in [-0.2, 0) is 9.53 Å². The lowest BCUT2D eigenvalue weighted by atomic mass is 10.2. The van der Waals surface area contributed by atoms with Crippen molar-refractivity contribution in [3.63, 3.8) is 0 Å². The third kappa shape index (κ3) is 2.18. The number of alkyl halides is 1. The summed E-state index contributed by atoms with van der Waals surface area (Å²) in [6.07, 6.45) is -0.823. The van der Waals surface area contributed by atoms with Crippen LogP contribution in [0.15, 0.2) is 24.2 Å². The van der Waals surface area contributed by atoms with Gasteiger partial charge in [0.1, 0.15) is 24.3 Å². The topological polar surface area (TPSA) is 61.8 Å². The minimum absolute atomic E-state index is 0.143. The van der Waals surface area contributed by atoms with E-state index in [1.54, 1.807) is 18.0 Å². The Bertz CT molecular complexity index is 383. The molecule has 6 heteroatoms. The number of carbonyl (C=O) groups excluding carboxylic acids is 1. The fraction of sp³-hybridized carbons (Fsp3) is 0.545. The van der Waals surface area contributed by atoms with E-state index in [1.165, 1.54) is 0 Å². The van der Waals surface area contributed by atoms with Gasteiger partial charge >= 0.3 is 0 Å². The molecule has 1 fully saturated rings. The van der Waals surface area contributed by atoms with Crippen molar-refractivity contribution in [2.75, 3.05) is 6.61 Å². The van der Waals surface area contributed by atoms with Crippen molar-refractivity contribution in [3.05, 3.63) is 24.2 Å². The Morgan fingerprint density at radius 3 is 3.06 bits per heavy atom. The molecule has 0 aliphatic carbocycles. The number of hydrogen-bond acceptors (Lipinski definition) is 4. The molecule has 2 aliphatic rings. The van der Waals surface area contributed by atoms with Gasteiger partial charge in [-0.2, -0.15) is 0 Å². The average molecular weight is 241 g/mol. The molecule has 0 spiro atoms. The molecule has 94 valence electrons. The molecule has 1 amide bonds. The maximum atomic E-state index is 13.4. The number of halogens is 1. The van der Waals surface area contributed by atoms with Crippen LogP contribution < -0.4 is 5.32 Å². The lowest BCUT2D eigenvalue weighted by Crippen LogP contribution is -2.42. The summed E-state index contributed by atoms with van der Waals surface area (Å²) < 4.78 is 18.8. The largest absolute Gasteiger partial charge is 0.394 e. The number of amides is 1. The third-order valence-electron chi connectivity index (χ3n) is 2.91. The zero-order chi connectivity index (χ0) is 12.6. The van der Waals surface area contributed by atoms with Crippen LogP contribution in [0.1, 0.15) is 13.3 Å². The fourth-order valence-electron chi connectivity index (χ4n) is 1.92. The van der Waals surface area contributed by atoms with Crippen LogP contribution in [0.3, 0.4) is 0 Å². The molecular weight excluding hydrogens is 226 g/mol. The van der Waals surface area contributed by atoms with Gasteiger partial charge in [0.15, 0.2) is 0 Å². The molecule has 2 rings (SSSR count). The quantitative estimate of drug-likeness (QED) is 0.727. The van der Waals surface area contributed by atoms with Crippen LogP contribution in [0.2, 0.25) is 0 Å². The van der Waals surface area contributed by atoms with Crippen LogP contribution in [-0.4, -0.2) is 41.0 Å². The first-order valence-corrected chi connectivity index (χ1v) is 5.40. The van der Waals surface area contributed by atoms with Crippen molar-refractivity contribution in [2.24, 2.45) is 0 Å². The number of carbonyl (C=O) groups is 1. The lowest BCUT2D eigenvalue weighted by molar-refractivity contribution is -0.118.